The molecule has 0 aliphatic heterocycles. The molecule has 0 aliphatic carbocycles. The summed E-state index contributed by atoms with van der Waals surface area (Å²) in [6.07, 6.45) is 1.16. The highest BCUT2D eigenvalue weighted by atomic mass is 79.9. The highest BCUT2D eigenvalue weighted by Gasteiger charge is 2.03. The molecule has 2 heteroatoms. The van der Waals surface area contributed by atoms with E-state index in [-0.39, 0.29) is 0 Å². The third-order valence-corrected chi connectivity index (χ3v) is 2.86. The van der Waals surface area contributed by atoms with Crippen molar-refractivity contribution in [1.29, 1.82) is 0 Å². The maximum absolute atomic E-state index is 5.74. The van der Waals surface area contributed by atoms with Crippen molar-refractivity contribution < 1.29 is 4.74 Å². The van der Waals surface area contributed by atoms with Crippen molar-refractivity contribution >= 4 is 15.9 Å². The molecule has 0 N–H and O–H groups in total. The molecule has 0 heterocycles. The molecule has 0 fully saturated rings. The van der Waals surface area contributed by atoms with Gasteiger partial charge in [0.1, 0.15) is 5.75 Å². The average molecular weight is 257 g/mol. The van der Waals surface area contributed by atoms with E-state index in [0.29, 0.717) is 5.92 Å². The van der Waals surface area contributed by atoms with Crippen LogP contribution in [0.3, 0.4) is 0 Å². The summed E-state index contributed by atoms with van der Waals surface area (Å²) in [7, 11) is 0. The molecule has 1 aromatic carbocycles. The van der Waals surface area contributed by atoms with Crippen molar-refractivity contribution in [3.05, 3.63) is 28.2 Å². The van der Waals surface area contributed by atoms with E-state index in [9.17, 15) is 0 Å². The SMILES string of the molecule is CCC(C)COc1cc(Br)ccc1C. The van der Waals surface area contributed by atoms with Gasteiger partial charge in [0, 0.05) is 4.47 Å². The fourth-order valence-electron chi connectivity index (χ4n) is 1.08. The van der Waals surface area contributed by atoms with Gasteiger partial charge in [0.05, 0.1) is 6.61 Å². The first-order valence-electron chi connectivity index (χ1n) is 5.02. The molecule has 0 saturated carbocycles. The summed E-state index contributed by atoms with van der Waals surface area (Å²) in [6.45, 7) is 7.25. The summed E-state index contributed by atoms with van der Waals surface area (Å²) >= 11 is 3.44. The Morgan fingerprint density at radius 2 is 2.14 bits per heavy atom. The van der Waals surface area contributed by atoms with E-state index in [2.05, 4.69) is 42.8 Å². The number of halogens is 1. The number of aryl methyl sites for hydroxylation is 1. The van der Waals surface area contributed by atoms with Crippen molar-refractivity contribution in [2.45, 2.75) is 27.2 Å². The summed E-state index contributed by atoms with van der Waals surface area (Å²) in [5.41, 5.74) is 1.19. The van der Waals surface area contributed by atoms with Crippen LogP contribution in [0.2, 0.25) is 0 Å². The summed E-state index contributed by atoms with van der Waals surface area (Å²) < 4.78 is 6.81. The summed E-state index contributed by atoms with van der Waals surface area (Å²) in [6, 6.07) is 6.12. The van der Waals surface area contributed by atoms with Crippen LogP contribution in [0.25, 0.3) is 0 Å². The third-order valence-electron chi connectivity index (χ3n) is 2.37. The first kappa shape index (κ1) is 11.6. The molecule has 1 unspecified atom stereocenters. The molecular weight excluding hydrogens is 240 g/mol. The minimum absolute atomic E-state index is 0.619. The fraction of sp³-hybridized carbons (Fsp3) is 0.500. The Balaban J connectivity index is 2.62. The molecular formula is C12H17BrO. The van der Waals surface area contributed by atoms with Gasteiger partial charge in [-0.3, -0.25) is 0 Å². The molecule has 0 saturated heterocycles. The molecule has 0 spiro atoms. The van der Waals surface area contributed by atoms with Crippen LogP contribution >= 0.6 is 15.9 Å². The Kier molecular flexibility index (Phi) is 4.46. The number of benzene rings is 1. The van der Waals surface area contributed by atoms with Crippen LogP contribution in [-0.4, -0.2) is 6.61 Å². The van der Waals surface area contributed by atoms with Gasteiger partial charge in [-0.2, -0.15) is 0 Å². The maximum atomic E-state index is 5.74. The van der Waals surface area contributed by atoms with E-state index in [0.717, 1.165) is 23.2 Å². The van der Waals surface area contributed by atoms with Crippen molar-refractivity contribution in [3.63, 3.8) is 0 Å². The van der Waals surface area contributed by atoms with Gasteiger partial charge in [-0.1, -0.05) is 42.3 Å². The largest absolute Gasteiger partial charge is 0.493 e. The molecule has 1 atom stereocenters. The van der Waals surface area contributed by atoms with Gasteiger partial charge in [-0.05, 0) is 30.5 Å². The second-order valence-electron chi connectivity index (χ2n) is 3.73. The standard InChI is InChI=1S/C12H17BrO/c1-4-9(2)8-14-12-7-11(13)6-5-10(12)3/h5-7,9H,4,8H2,1-3H3. The van der Waals surface area contributed by atoms with Gasteiger partial charge in [-0.25, -0.2) is 0 Å². The average Bonchev–Trinajstić information content (AvgIpc) is 2.19. The number of hydrogen-bond acceptors (Lipinski definition) is 1. The first-order valence-corrected chi connectivity index (χ1v) is 5.81. The van der Waals surface area contributed by atoms with Crippen LogP contribution in [0.4, 0.5) is 0 Å². The van der Waals surface area contributed by atoms with E-state index in [1.807, 2.05) is 12.1 Å². The van der Waals surface area contributed by atoms with Crippen molar-refractivity contribution in [2.75, 3.05) is 6.61 Å². The van der Waals surface area contributed by atoms with Gasteiger partial charge in [0.15, 0.2) is 0 Å². The summed E-state index contributed by atoms with van der Waals surface area (Å²) in [5.74, 6) is 1.60. The zero-order valence-corrected chi connectivity index (χ0v) is 10.6. The molecule has 1 nitrogen and oxygen atoms in total. The first-order chi connectivity index (χ1) is 6.63. The highest BCUT2D eigenvalue weighted by Crippen LogP contribution is 2.23. The lowest BCUT2D eigenvalue weighted by atomic mass is 10.1. The Morgan fingerprint density at radius 3 is 2.79 bits per heavy atom. The second kappa shape index (κ2) is 5.40. The molecule has 0 bridgehead atoms. The lowest BCUT2D eigenvalue weighted by Crippen LogP contribution is -2.07. The van der Waals surface area contributed by atoms with Crippen LogP contribution in [0.15, 0.2) is 22.7 Å². The van der Waals surface area contributed by atoms with Crippen LogP contribution < -0.4 is 4.74 Å². The highest BCUT2D eigenvalue weighted by molar-refractivity contribution is 9.10. The molecule has 0 aromatic heterocycles. The second-order valence-corrected chi connectivity index (χ2v) is 4.65. The van der Waals surface area contributed by atoms with Crippen LogP contribution in [0, 0.1) is 12.8 Å². The predicted octanol–water partition coefficient (Wildman–Crippen LogP) is 4.18. The lowest BCUT2D eigenvalue weighted by Gasteiger charge is -2.13. The van der Waals surface area contributed by atoms with E-state index >= 15 is 0 Å². The summed E-state index contributed by atoms with van der Waals surface area (Å²) in [4.78, 5) is 0. The molecule has 14 heavy (non-hydrogen) atoms. The Morgan fingerprint density at radius 1 is 1.43 bits per heavy atom. The topological polar surface area (TPSA) is 9.23 Å². The molecule has 78 valence electrons. The smallest absolute Gasteiger partial charge is 0.123 e. The zero-order valence-electron chi connectivity index (χ0n) is 9.01. The van der Waals surface area contributed by atoms with Crippen LogP contribution in [0.5, 0.6) is 5.75 Å². The van der Waals surface area contributed by atoms with Crippen LogP contribution in [0.1, 0.15) is 25.8 Å². The Hall–Kier alpha value is -0.500. The van der Waals surface area contributed by atoms with Crippen LogP contribution in [-0.2, 0) is 0 Å². The molecule has 0 amide bonds. The minimum atomic E-state index is 0.619. The van der Waals surface area contributed by atoms with Gasteiger partial charge >= 0.3 is 0 Å². The van der Waals surface area contributed by atoms with Gasteiger partial charge in [0.25, 0.3) is 0 Å². The van der Waals surface area contributed by atoms with Gasteiger partial charge in [0.2, 0.25) is 0 Å². The number of ether oxygens (including phenoxy) is 1. The minimum Gasteiger partial charge on any atom is -0.493 e. The third kappa shape index (κ3) is 3.33. The normalized spacial score (nSPS) is 12.6. The van der Waals surface area contributed by atoms with Crippen molar-refractivity contribution in [2.24, 2.45) is 5.92 Å². The molecule has 1 aromatic rings. The monoisotopic (exact) mass is 256 g/mol. The van der Waals surface area contributed by atoms with Gasteiger partial charge in [-0.15, -0.1) is 0 Å². The van der Waals surface area contributed by atoms with Crippen molar-refractivity contribution in [1.82, 2.24) is 0 Å². The van der Waals surface area contributed by atoms with Gasteiger partial charge < -0.3 is 4.74 Å². The van der Waals surface area contributed by atoms with E-state index in [4.69, 9.17) is 4.74 Å². The number of hydrogen-bond donors (Lipinski definition) is 0. The summed E-state index contributed by atoms with van der Waals surface area (Å²) in [5, 5.41) is 0. The number of rotatable bonds is 4. The molecule has 0 aliphatic rings. The Labute approximate surface area is 94.6 Å². The maximum Gasteiger partial charge on any atom is 0.123 e. The Bertz CT molecular complexity index is 296. The molecule has 1 rings (SSSR count). The van der Waals surface area contributed by atoms with E-state index in [1.54, 1.807) is 0 Å². The van der Waals surface area contributed by atoms with E-state index < -0.39 is 0 Å². The fourth-order valence-corrected chi connectivity index (χ4v) is 1.42. The quantitative estimate of drug-likeness (QED) is 0.786. The predicted molar refractivity (Wildman–Crippen MR) is 63.8 cm³/mol. The van der Waals surface area contributed by atoms with Crippen molar-refractivity contribution in [3.8, 4) is 5.75 Å². The zero-order chi connectivity index (χ0) is 10.6. The van der Waals surface area contributed by atoms with E-state index in [1.165, 1.54) is 5.56 Å². The lowest BCUT2D eigenvalue weighted by molar-refractivity contribution is 0.255. The molecule has 0 radical (unpaired) electrons.